The summed E-state index contributed by atoms with van der Waals surface area (Å²) in [6.45, 7) is 14.0. The van der Waals surface area contributed by atoms with Gasteiger partial charge in [-0.3, -0.25) is 0 Å². The molecule has 0 saturated carbocycles. The lowest BCUT2D eigenvalue weighted by molar-refractivity contribution is -0.129. The van der Waals surface area contributed by atoms with Crippen LogP contribution in [0.3, 0.4) is 0 Å². The summed E-state index contributed by atoms with van der Waals surface area (Å²) in [6, 6.07) is 15.9. The maximum atomic E-state index is 11.9. The molecule has 3 aromatic rings. The summed E-state index contributed by atoms with van der Waals surface area (Å²) in [4.78, 5) is 16.7. The monoisotopic (exact) mass is 576 g/mol. The Kier molecular flexibility index (Phi) is 8.71. The molecule has 35 heavy (non-hydrogen) atoms. The Labute approximate surface area is 224 Å². The number of oxime groups is 1. The van der Waals surface area contributed by atoms with Gasteiger partial charge >= 0.3 is 5.97 Å². The number of carboxylic acid groups (broad SMARTS) is 1. The molecule has 188 valence electrons. The first-order valence-electron chi connectivity index (χ1n) is 11.4. The van der Waals surface area contributed by atoms with Crippen LogP contribution in [-0.4, -0.2) is 38.0 Å². The molecule has 1 heterocycles. The molecule has 0 aliphatic carbocycles. The van der Waals surface area contributed by atoms with E-state index in [2.05, 4.69) is 85.4 Å². The van der Waals surface area contributed by atoms with Crippen LogP contribution in [0, 0.1) is 0 Å². The van der Waals surface area contributed by atoms with Gasteiger partial charge in [-0.1, -0.05) is 89.2 Å². The second-order valence-corrected chi connectivity index (χ2v) is 15.1. The number of aromatic nitrogens is 1. The molecule has 0 radical (unpaired) electrons. The van der Waals surface area contributed by atoms with E-state index in [0.717, 1.165) is 15.7 Å². The maximum Gasteiger partial charge on any atom is 0.358 e. The molecule has 0 fully saturated rings. The highest BCUT2D eigenvalue weighted by molar-refractivity contribution is 9.10. The number of hydrogen-bond donors (Lipinski definition) is 1. The number of hydrogen-bond acceptors (Lipinski definition) is 5. The molecule has 0 aliphatic rings. The van der Waals surface area contributed by atoms with Crippen LogP contribution in [0.25, 0.3) is 10.9 Å². The topological polar surface area (TPSA) is 63.8 Å². The first-order valence-corrected chi connectivity index (χ1v) is 13.9. The van der Waals surface area contributed by atoms with E-state index in [1.54, 1.807) is 6.07 Å². The predicted molar refractivity (Wildman–Crippen MR) is 154 cm³/mol. The predicted octanol–water partition coefficient (Wildman–Crippen LogP) is 7.95. The zero-order valence-electron chi connectivity index (χ0n) is 21.3. The molecule has 8 heteroatoms. The number of carboxylic acids is 1. The summed E-state index contributed by atoms with van der Waals surface area (Å²) in [5, 5.41) is 14.7. The lowest BCUT2D eigenvalue weighted by Crippen LogP contribution is -2.18. The fourth-order valence-electron chi connectivity index (χ4n) is 3.82. The first kappa shape index (κ1) is 27.7. The van der Waals surface area contributed by atoms with Crippen LogP contribution < -0.4 is 0 Å². The molecule has 0 bridgehead atoms. The van der Waals surface area contributed by atoms with Crippen molar-refractivity contribution in [3.63, 3.8) is 0 Å². The van der Waals surface area contributed by atoms with Gasteiger partial charge in [-0.25, -0.2) is 4.79 Å². The van der Waals surface area contributed by atoms with Gasteiger partial charge in [-0.05, 0) is 27.6 Å². The number of nitrogens with zero attached hydrogens (tertiary/aromatic N) is 2. The molecule has 5 nitrogen and oxygen atoms in total. The SMILES string of the molecule is CON=C(C(=O)O)c1ccccc1Cn1c(Br)c(C(SC(C)(C)C)SC(C)(C)C)c2ccccc21. The molecule has 0 saturated heterocycles. The second-order valence-electron chi connectivity index (χ2n) is 10.2. The lowest BCUT2D eigenvalue weighted by Gasteiger charge is -2.31. The van der Waals surface area contributed by atoms with Crippen molar-refractivity contribution in [1.82, 2.24) is 4.57 Å². The smallest absolute Gasteiger partial charge is 0.358 e. The number of benzene rings is 2. The molecule has 0 unspecified atom stereocenters. The van der Waals surface area contributed by atoms with Crippen molar-refractivity contribution in [2.45, 2.75) is 62.2 Å². The van der Waals surface area contributed by atoms with E-state index in [4.69, 9.17) is 4.84 Å². The van der Waals surface area contributed by atoms with Crippen molar-refractivity contribution in [3.05, 3.63) is 69.8 Å². The van der Waals surface area contributed by atoms with Gasteiger partial charge in [-0.2, -0.15) is 0 Å². The van der Waals surface area contributed by atoms with E-state index in [9.17, 15) is 9.90 Å². The molecule has 0 amide bonds. The summed E-state index contributed by atoms with van der Waals surface area (Å²) < 4.78 is 3.58. The minimum Gasteiger partial charge on any atom is -0.476 e. The van der Waals surface area contributed by atoms with Crippen LogP contribution >= 0.6 is 39.5 Å². The van der Waals surface area contributed by atoms with Crippen molar-refractivity contribution in [3.8, 4) is 0 Å². The van der Waals surface area contributed by atoms with Crippen LogP contribution in [-0.2, 0) is 16.2 Å². The number of fused-ring (bicyclic) bond motifs is 1. The highest BCUT2D eigenvalue weighted by atomic mass is 79.9. The normalized spacial score (nSPS) is 13.0. The van der Waals surface area contributed by atoms with E-state index < -0.39 is 5.97 Å². The number of halogens is 1. The summed E-state index contributed by atoms with van der Waals surface area (Å²) in [7, 11) is 1.35. The van der Waals surface area contributed by atoms with Crippen LogP contribution in [0.15, 0.2) is 58.3 Å². The van der Waals surface area contributed by atoms with E-state index >= 15 is 0 Å². The summed E-state index contributed by atoms with van der Waals surface area (Å²) in [6.07, 6.45) is 0. The van der Waals surface area contributed by atoms with Crippen molar-refractivity contribution in [1.29, 1.82) is 0 Å². The Balaban J connectivity index is 2.20. The van der Waals surface area contributed by atoms with Crippen molar-refractivity contribution >= 4 is 62.0 Å². The van der Waals surface area contributed by atoms with Crippen LogP contribution in [0.1, 0.15) is 62.8 Å². The summed E-state index contributed by atoms with van der Waals surface area (Å²) in [5.41, 5.74) is 3.63. The third-order valence-corrected chi connectivity index (χ3v) is 8.83. The highest BCUT2D eigenvalue weighted by Crippen LogP contribution is 2.54. The number of carbonyl (C=O) groups is 1. The third kappa shape index (κ3) is 6.86. The van der Waals surface area contributed by atoms with Gasteiger partial charge < -0.3 is 14.5 Å². The quantitative estimate of drug-likeness (QED) is 0.167. The standard InChI is InChI=1S/C27H33BrN2O3S2/c1-26(2,3)34-25(35-27(4,5)6)21-19-14-10-11-15-20(19)30(23(21)28)16-17-12-8-9-13-18(17)22(24(31)32)29-33-7/h8-15,25H,16H2,1-7H3,(H,31,32). The fourth-order valence-corrected chi connectivity index (χ4v) is 8.80. The van der Waals surface area contributed by atoms with Crippen LogP contribution in [0.5, 0.6) is 0 Å². The lowest BCUT2D eigenvalue weighted by atomic mass is 10.0. The van der Waals surface area contributed by atoms with Crippen LogP contribution in [0.2, 0.25) is 0 Å². The van der Waals surface area contributed by atoms with Gasteiger partial charge in [0.1, 0.15) is 7.11 Å². The average molecular weight is 578 g/mol. The van der Waals surface area contributed by atoms with Gasteiger partial charge in [-0.15, -0.1) is 23.5 Å². The first-order chi connectivity index (χ1) is 16.3. The zero-order chi connectivity index (χ0) is 26.0. The van der Waals surface area contributed by atoms with Gasteiger partial charge in [0, 0.05) is 38.1 Å². The van der Waals surface area contributed by atoms with Crippen molar-refractivity contribution < 1.29 is 14.7 Å². The van der Waals surface area contributed by atoms with E-state index in [0.29, 0.717) is 12.1 Å². The Bertz CT molecular complexity index is 1220. The Morgan fingerprint density at radius 2 is 1.60 bits per heavy atom. The van der Waals surface area contributed by atoms with Gasteiger partial charge in [0.2, 0.25) is 0 Å². The second kappa shape index (κ2) is 11.0. The minimum absolute atomic E-state index is 0.0746. The Morgan fingerprint density at radius 3 is 2.17 bits per heavy atom. The summed E-state index contributed by atoms with van der Waals surface area (Å²) in [5.74, 6) is -1.13. The van der Waals surface area contributed by atoms with Gasteiger partial charge in [0.15, 0.2) is 5.71 Å². The maximum absolute atomic E-state index is 11.9. The largest absolute Gasteiger partial charge is 0.476 e. The van der Waals surface area contributed by atoms with E-state index in [-0.39, 0.29) is 19.8 Å². The number of rotatable bonds is 8. The average Bonchev–Trinajstić information content (AvgIpc) is 3.01. The number of thioether (sulfide) groups is 2. The molecular weight excluding hydrogens is 544 g/mol. The van der Waals surface area contributed by atoms with E-state index in [1.807, 2.05) is 47.8 Å². The minimum atomic E-state index is -1.13. The molecule has 2 aromatic carbocycles. The molecule has 3 rings (SSSR count). The van der Waals surface area contributed by atoms with Crippen molar-refractivity contribution in [2.75, 3.05) is 7.11 Å². The molecule has 0 aliphatic heterocycles. The number of aliphatic carboxylic acids is 1. The summed E-state index contributed by atoms with van der Waals surface area (Å²) >= 11 is 7.86. The van der Waals surface area contributed by atoms with Gasteiger partial charge in [0.05, 0.1) is 9.19 Å². The number of para-hydroxylation sites is 1. The fraction of sp³-hybridized carbons (Fsp3) is 0.407. The molecule has 0 spiro atoms. The Morgan fingerprint density at radius 1 is 1.03 bits per heavy atom. The van der Waals surface area contributed by atoms with Crippen molar-refractivity contribution in [2.24, 2.45) is 5.16 Å². The highest BCUT2D eigenvalue weighted by Gasteiger charge is 2.31. The third-order valence-electron chi connectivity index (χ3n) is 5.09. The molecular formula is C27H33BrN2O3S2. The Hall–Kier alpha value is -1.90. The van der Waals surface area contributed by atoms with Gasteiger partial charge in [0.25, 0.3) is 0 Å². The molecule has 0 atom stereocenters. The molecule has 1 aromatic heterocycles. The van der Waals surface area contributed by atoms with E-state index in [1.165, 1.54) is 18.1 Å². The molecule has 1 N–H and O–H groups in total. The zero-order valence-corrected chi connectivity index (χ0v) is 24.5. The van der Waals surface area contributed by atoms with Crippen LogP contribution in [0.4, 0.5) is 0 Å².